The van der Waals surface area contributed by atoms with Crippen LogP contribution in [0.4, 0.5) is 0 Å². The van der Waals surface area contributed by atoms with E-state index < -0.39 is 0 Å². The molecule has 1 rings (SSSR count). The number of nitrogens with zero attached hydrogens (tertiary/aromatic N) is 2. The third-order valence-corrected chi connectivity index (χ3v) is 2.93. The van der Waals surface area contributed by atoms with Crippen molar-refractivity contribution in [3.05, 3.63) is 0 Å². The summed E-state index contributed by atoms with van der Waals surface area (Å²) in [6.45, 7) is 5.91. The first kappa shape index (κ1) is 20.3. The van der Waals surface area contributed by atoms with E-state index in [1.807, 2.05) is 4.90 Å². The number of hydrogen-bond donors (Lipinski definition) is 1. The Hall–Kier alpha value is -0.0700. The van der Waals surface area contributed by atoms with E-state index in [9.17, 15) is 4.79 Å². The molecule has 5 nitrogen and oxygen atoms in total. The molecule has 0 aromatic heterocycles. The molecule has 0 unspecified atom stereocenters. The van der Waals surface area contributed by atoms with E-state index in [0.717, 1.165) is 45.8 Å². The standard InChI is InChI=1S/C11H23N3O2.2ClH/c1-16-10-9-13-5-7-14(8-6-13)11(15)3-2-4-12;;/h2-10,12H2,1H3;2*1H. The predicted octanol–water partition coefficient (Wildman–Crippen LogP) is 0.359. The second kappa shape index (κ2) is 12.0. The maximum atomic E-state index is 11.7. The molecule has 110 valence electrons. The van der Waals surface area contributed by atoms with Crippen LogP contribution in [0.3, 0.4) is 0 Å². The molecular weight excluding hydrogens is 277 g/mol. The number of rotatable bonds is 6. The third-order valence-electron chi connectivity index (χ3n) is 2.93. The number of nitrogens with two attached hydrogens (primary N) is 1. The van der Waals surface area contributed by atoms with Crippen LogP contribution in [-0.4, -0.2) is 68.7 Å². The number of ether oxygens (including phenoxy) is 1. The molecule has 7 heteroatoms. The highest BCUT2D eigenvalue weighted by atomic mass is 35.5. The average Bonchev–Trinajstić information content (AvgIpc) is 2.34. The molecule has 1 fully saturated rings. The molecule has 2 N–H and O–H groups in total. The van der Waals surface area contributed by atoms with Crippen LogP contribution >= 0.6 is 24.8 Å². The average molecular weight is 302 g/mol. The van der Waals surface area contributed by atoms with Crippen LogP contribution in [0, 0.1) is 0 Å². The summed E-state index contributed by atoms with van der Waals surface area (Å²) < 4.78 is 5.04. The smallest absolute Gasteiger partial charge is 0.222 e. The first-order chi connectivity index (χ1) is 7.77. The van der Waals surface area contributed by atoms with Crippen LogP contribution < -0.4 is 5.73 Å². The Balaban J connectivity index is 0. The fourth-order valence-corrected chi connectivity index (χ4v) is 1.85. The molecule has 0 aliphatic carbocycles. The summed E-state index contributed by atoms with van der Waals surface area (Å²) in [5.74, 6) is 0.247. The second-order valence-electron chi connectivity index (χ2n) is 4.11. The lowest BCUT2D eigenvalue weighted by Gasteiger charge is -2.34. The van der Waals surface area contributed by atoms with E-state index >= 15 is 0 Å². The fraction of sp³-hybridized carbons (Fsp3) is 0.909. The van der Waals surface area contributed by atoms with Gasteiger partial charge in [0, 0.05) is 46.3 Å². The van der Waals surface area contributed by atoms with E-state index in [1.54, 1.807) is 7.11 Å². The number of carbonyl (C=O) groups is 1. The van der Waals surface area contributed by atoms with Gasteiger partial charge in [0.1, 0.15) is 0 Å². The summed E-state index contributed by atoms with van der Waals surface area (Å²) in [6.07, 6.45) is 1.39. The van der Waals surface area contributed by atoms with Gasteiger partial charge in [0.05, 0.1) is 6.61 Å². The number of halogens is 2. The summed E-state index contributed by atoms with van der Waals surface area (Å²) in [5.41, 5.74) is 5.39. The number of amides is 1. The van der Waals surface area contributed by atoms with Crippen molar-refractivity contribution >= 4 is 30.7 Å². The number of methoxy groups -OCH3 is 1. The summed E-state index contributed by atoms with van der Waals surface area (Å²) in [5, 5.41) is 0. The Labute approximate surface area is 122 Å². The predicted molar refractivity (Wildman–Crippen MR) is 77.7 cm³/mol. The summed E-state index contributed by atoms with van der Waals surface area (Å²) in [7, 11) is 1.71. The van der Waals surface area contributed by atoms with Crippen LogP contribution in [0.2, 0.25) is 0 Å². The minimum atomic E-state index is 0. The Morgan fingerprint density at radius 2 is 1.83 bits per heavy atom. The molecule has 1 heterocycles. The van der Waals surface area contributed by atoms with Gasteiger partial charge in [-0.3, -0.25) is 9.69 Å². The van der Waals surface area contributed by atoms with Gasteiger partial charge in [-0.25, -0.2) is 0 Å². The van der Waals surface area contributed by atoms with Crippen LogP contribution in [-0.2, 0) is 9.53 Å². The Kier molecular flexibility index (Phi) is 13.5. The van der Waals surface area contributed by atoms with Crippen LogP contribution in [0.15, 0.2) is 0 Å². The molecular formula is C11H25Cl2N3O2. The van der Waals surface area contributed by atoms with Gasteiger partial charge >= 0.3 is 0 Å². The van der Waals surface area contributed by atoms with Crippen molar-refractivity contribution in [2.24, 2.45) is 5.73 Å². The summed E-state index contributed by atoms with van der Waals surface area (Å²) in [6, 6.07) is 0. The van der Waals surface area contributed by atoms with E-state index in [4.69, 9.17) is 10.5 Å². The van der Waals surface area contributed by atoms with E-state index in [0.29, 0.717) is 13.0 Å². The van der Waals surface area contributed by atoms with Crippen molar-refractivity contribution in [2.45, 2.75) is 12.8 Å². The van der Waals surface area contributed by atoms with Crippen molar-refractivity contribution in [3.63, 3.8) is 0 Å². The second-order valence-corrected chi connectivity index (χ2v) is 4.11. The van der Waals surface area contributed by atoms with Crippen molar-refractivity contribution in [1.29, 1.82) is 0 Å². The maximum Gasteiger partial charge on any atom is 0.222 e. The van der Waals surface area contributed by atoms with Crippen LogP contribution in [0.5, 0.6) is 0 Å². The first-order valence-electron chi connectivity index (χ1n) is 5.97. The zero-order valence-corrected chi connectivity index (χ0v) is 12.6. The van der Waals surface area contributed by atoms with Gasteiger partial charge < -0.3 is 15.4 Å². The highest BCUT2D eigenvalue weighted by Gasteiger charge is 2.19. The molecule has 0 spiro atoms. The highest BCUT2D eigenvalue weighted by molar-refractivity contribution is 5.85. The van der Waals surface area contributed by atoms with E-state index in [-0.39, 0.29) is 30.7 Å². The largest absolute Gasteiger partial charge is 0.383 e. The number of piperazine rings is 1. The topological polar surface area (TPSA) is 58.8 Å². The lowest BCUT2D eigenvalue weighted by molar-refractivity contribution is -0.133. The molecule has 1 aliphatic rings. The molecule has 1 amide bonds. The number of hydrogen-bond acceptors (Lipinski definition) is 4. The Morgan fingerprint density at radius 1 is 1.22 bits per heavy atom. The molecule has 1 aliphatic heterocycles. The monoisotopic (exact) mass is 301 g/mol. The molecule has 0 saturated carbocycles. The van der Waals surface area contributed by atoms with Crippen molar-refractivity contribution in [1.82, 2.24) is 9.80 Å². The van der Waals surface area contributed by atoms with Crippen molar-refractivity contribution in [3.8, 4) is 0 Å². The molecule has 1 saturated heterocycles. The van der Waals surface area contributed by atoms with Gasteiger partial charge in [-0.15, -0.1) is 24.8 Å². The Bertz CT molecular complexity index is 212. The zero-order chi connectivity index (χ0) is 11.8. The molecule has 18 heavy (non-hydrogen) atoms. The van der Waals surface area contributed by atoms with Crippen molar-refractivity contribution in [2.75, 3.05) is 53.0 Å². The lowest BCUT2D eigenvalue weighted by atomic mass is 10.2. The summed E-state index contributed by atoms with van der Waals surface area (Å²) in [4.78, 5) is 16.0. The number of carbonyl (C=O) groups excluding carboxylic acids is 1. The van der Waals surface area contributed by atoms with Gasteiger partial charge in [-0.1, -0.05) is 0 Å². The highest BCUT2D eigenvalue weighted by Crippen LogP contribution is 2.04. The lowest BCUT2D eigenvalue weighted by Crippen LogP contribution is -2.49. The van der Waals surface area contributed by atoms with Crippen LogP contribution in [0.1, 0.15) is 12.8 Å². The minimum absolute atomic E-state index is 0. The van der Waals surface area contributed by atoms with Crippen LogP contribution in [0.25, 0.3) is 0 Å². The quantitative estimate of drug-likeness (QED) is 0.770. The van der Waals surface area contributed by atoms with E-state index in [2.05, 4.69) is 4.90 Å². The molecule has 0 bridgehead atoms. The van der Waals surface area contributed by atoms with Crippen molar-refractivity contribution < 1.29 is 9.53 Å². The maximum absolute atomic E-state index is 11.7. The van der Waals surface area contributed by atoms with Gasteiger partial charge in [0.15, 0.2) is 0 Å². The molecule has 0 aromatic rings. The zero-order valence-electron chi connectivity index (χ0n) is 11.0. The first-order valence-corrected chi connectivity index (χ1v) is 5.97. The fourth-order valence-electron chi connectivity index (χ4n) is 1.85. The van der Waals surface area contributed by atoms with Gasteiger partial charge in [-0.2, -0.15) is 0 Å². The third kappa shape index (κ3) is 7.38. The van der Waals surface area contributed by atoms with E-state index in [1.165, 1.54) is 0 Å². The SMILES string of the molecule is COCCN1CCN(C(=O)CCCN)CC1.Cl.Cl. The molecule has 0 aromatic carbocycles. The minimum Gasteiger partial charge on any atom is -0.383 e. The summed E-state index contributed by atoms with van der Waals surface area (Å²) >= 11 is 0. The normalized spacial score (nSPS) is 15.8. The molecule has 0 radical (unpaired) electrons. The Morgan fingerprint density at radius 3 is 2.33 bits per heavy atom. The van der Waals surface area contributed by atoms with Gasteiger partial charge in [0.25, 0.3) is 0 Å². The van der Waals surface area contributed by atoms with Gasteiger partial charge in [0.2, 0.25) is 5.91 Å². The molecule has 0 atom stereocenters. The van der Waals surface area contributed by atoms with Gasteiger partial charge in [-0.05, 0) is 13.0 Å².